The molecule has 0 radical (unpaired) electrons. The van der Waals surface area contributed by atoms with Gasteiger partial charge in [0.25, 0.3) is 0 Å². The standard InChI is InChI=1S/C27H25P.6FH.Sb/c1-5-14-24(15-6-1)16-13-23-28(25-17-7-2-8-18-25,26-19-9-3-10-20-26)27-21-11-4-12-22-27;;;;;;;/h1-22,28H,23H2;6*1H;/q;;;;;;;+5/p-5. The van der Waals surface area contributed by atoms with Crippen LogP contribution in [0.25, 0.3) is 6.08 Å². The minimum atomic E-state index is -11.2. The van der Waals surface area contributed by atoms with Crippen LogP contribution in [0.15, 0.2) is 127 Å². The van der Waals surface area contributed by atoms with Gasteiger partial charge in [0.1, 0.15) is 0 Å². The second-order valence-corrected chi connectivity index (χ2v) is 17.4. The Morgan fingerprint density at radius 2 is 0.800 bits per heavy atom. The molecule has 0 spiro atoms. The summed E-state index contributed by atoms with van der Waals surface area (Å²) < 4.78 is 59.6. The van der Waals surface area contributed by atoms with Gasteiger partial charge in [-0.3, -0.25) is 0 Å². The zero-order valence-corrected chi connectivity index (χ0v) is 22.2. The zero-order chi connectivity index (χ0) is 25.5. The third-order valence-electron chi connectivity index (χ3n) is 5.33. The van der Waals surface area contributed by atoms with Crippen LogP contribution in [0.2, 0.25) is 0 Å². The first-order valence-electron chi connectivity index (χ1n) is 10.8. The van der Waals surface area contributed by atoms with Gasteiger partial charge < -0.3 is 0 Å². The number of rotatable bonds is 6. The third kappa shape index (κ3) is 9.20. The Hall–Kier alpha value is -2.55. The van der Waals surface area contributed by atoms with E-state index in [1.165, 1.54) is 21.5 Å². The molecule has 8 heteroatoms. The molecule has 0 amide bonds. The molecular formula is C27H26F6PSb. The average Bonchev–Trinajstić information content (AvgIpc) is 2.82. The molecule has 0 fully saturated rings. The Morgan fingerprint density at radius 1 is 0.514 bits per heavy atom. The largest absolute Gasteiger partial charge is 1.00 e. The second kappa shape index (κ2) is 10.2. The Morgan fingerprint density at radius 3 is 1.11 bits per heavy atom. The number of hydrogen-bond acceptors (Lipinski definition) is 0. The van der Waals surface area contributed by atoms with Gasteiger partial charge in [-0.2, -0.15) is 0 Å². The van der Waals surface area contributed by atoms with Gasteiger partial charge in [-0.05, 0) is 0 Å². The van der Waals surface area contributed by atoms with Crippen molar-refractivity contribution in [3.05, 3.63) is 133 Å². The molecule has 4 rings (SSSR count). The summed E-state index contributed by atoms with van der Waals surface area (Å²) in [4.78, 5) is 0. The van der Waals surface area contributed by atoms with Gasteiger partial charge >= 0.3 is 206 Å². The SMILES string of the molecule is C(=Cc1ccccc1)C[PH](c1ccccc1)(c1ccccc1)c1ccccc1.[F][Sb-]([F])([F])([F])([F])[F].[H+]. The first-order chi connectivity index (χ1) is 16.3. The summed E-state index contributed by atoms with van der Waals surface area (Å²) in [5, 5.41) is 4.35. The Kier molecular flexibility index (Phi) is 7.89. The maximum absolute atomic E-state index is 11.2. The summed E-state index contributed by atoms with van der Waals surface area (Å²) in [7, 11) is -2.16. The fourth-order valence-corrected chi connectivity index (χ4v) is 8.42. The predicted molar refractivity (Wildman–Crippen MR) is 140 cm³/mol. The molecule has 0 N–H and O–H groups in total. The van der Waals surface area contributed by atoms with Crippen molar-refractivity contribution < 1.29 is 18.3 Å². The molecule has 4 aromatic rings. The van der Waals surface area contributed by atoms with E-state index in [0.29, 0.717) is 0 Å². The van der Waals surface area contributed by atoms with E-state index in [2.05, 4.69) is 133 Å². The van der Waals surface area contributed by atoms with Crippen molar-refractivity contribution in [1.29, 1.82) is 0 Å². The van der Waals surface area contributed by atoms with Gasteiger partial charge in [0.2, 0.25) is 0 Å². The second-order valence-electron chi connectivity index (χ2n) is 7.98. The molecule has 186 valence electrons. The van der Waals surface area contributed by atoms with Gasteiger partial charge in [-0.25, -0.2) is 0 Å². The molecule has 0 bridgehead atoms. The Balaban J connectivity index is 0.000000503. The topological polar surface area (TPSA) is 0 Å². The van der Waals surface area contributed by atoms with Crippen molar-refractivity contribution in [1.82, 2.24) is 0 Å². The predicted octanol–water partition coefficient (Wildman–Crippen LogP) is 7.68. The minimum Gasteiger partial charge on any atom is 1.00 e. The number of hydrogen-bond donors (Lipinski definition) is 0. The van der Waals surface area contributed by atoms with Gasteiger partial charge in [0.05, 0.1) is 0 Å². The van der Waals surface area contributed by atoms with Crippen molar-refractivity contribution in [3.63, 3.8) is 0 Å². The van der Waals surface area contributed by atoms with Gasteiger partial charge in [-0.15, -0.1) is 0 Å². The van der Waals surface area contributed by atoms with Crippen LogP contribution in [0, 0.1) is 0 Å². The van der Waals surface area contributed by atoms with Crippen molar-refractivity contribution in [2.75, 3.05) is 6.16 Å². The fraction of sp³-hybridized carbons (Fsp3) is 0.0370. The molecular weight excluding hydrogens is 591 g/mol. The van der Waals surface area contributed by atoms with E-state index in [-0.39, 0.29) is 1.43 Å². The van der Waals surface area contributed by atoms with E-state index >= 15 is 0 Å². The molecule has 35 heavy (non-hydrogen) atoms. The van der Waals surface area contributed by atoms with Crippen molar-refractivity contribution in [2.45, 2.75) is 0 Å². The summed E-state index contributed by atoms with van der Waals surface area (Å²) in [6, 6.07) is 43.8. The van der Waals surface area contributed by atoms with E-state index < -0.39 is 26.7 Å². The van der Waals surface area contributed by atoms with Crippen molar-refractivity contribution >= 4 is 48.7 Å². The van der Waals surface area contributed by atoms with E-state index in [0.717, 1.165) is 6.16 Å². The van der Waals surface area contributed by atoms with Crippen LogP contribution in [-0.4, -0.2) is 25.6 Å². The molecule has 0 atom stereocenters. The molecule has 0 saturated carbocycles. The van der Waals surface area contributed by atoms with Gasteiger partial charge in [0, 0.05) is 0 Å². The molecule has 0 nitrogen and oxygen atoms in total. The molecule has 0 saturated heterocycles. The first kappa shape index (κ1) is 27.0. The summed E-state index contributed by atoms with van der Waals surface area (Å²) in [5.41, 5.74) is 1.25. The van der Waals surface area contributed by atoms with E-state index in [9.17, 15) is 16.9 Å². The Bertz CT molecular complexity index is 1130. The van der Waals surface area contributed by atoms with Crippen LogP contribution in [0.5, 0.6) is 0 Å². The van der Waals surface area contributed by atoms with Crippen LogP contribution in [0.4, 0.5) is 16.9 Å². The van der Waals surface area contributed by atoms with Crippen molar-refractivity contribution in [2.24, 2.45) is 0 Å². The van der Waals surface area contributed by atoms with E-state index in [1.807, 2.05) is 0 Å². The smallest absolute Gasteiger partial charge is 1.00 e. The summed E-state index contributed by atoms with van der Waals surface area (Å²) in [6.07, 6.45) is 5.66. The molecule has 0 unspecified atom stereocenters. The number of allylic oxidation sites excluding steroid dienone is 1. The first-order valence-corrected chi connectivity index (χ1v) is 18.8. The molecule has 0 aromatic heterocycles. The van der Waals surface area contributed by atoms with Crippen LogP contribution in [0.3, 0.4) is 0 Å². The summed E-state index contributed by atoms with van der Waals surface area (Å²) in [6.45, 7) is 0. The minimum absolute atomic E-state index is 0. The van der Waals surface area contributed by atoms with Crippen LogP contribution in [-0.2, 0) is 0 Å². The number of halogens is 6. The monoisotopic (exact) mass is 616 g/mol. The van der Waals surface area contributed by atoms with Crippen molar-refractivity contribution in [3.8, 4) is 0 Å². The van der Waals surface area contributed by atoms with Crippen LogP contribution < -0.4 is 15.9 Å². The maximum atomic E-state index is 9.93. The molecule has 4 aromatic carbocycles. The Labute approximate surface area is 205 Å². The zero-order valence-electron chi connectivity index (χ0n) is 19.6. The normalized spacial score (nSPS) is 14.3. The van der Waals surface area contributed by atoms with Crippen LogP contribution >= 0.6 is 7.26 Å². The van der Waals surface area contributed by atoms with E-state index in [1.54, 1.807) is 0 Å². The molecule has 0 heterocycles. The van der Waals surface area contributed by atoms with E-state index in [4.69, 9.17) is 0 Å². The summed E-state index contributed by atoms with van der Waals surface area (Å²) >= 11 is -11.2. The van der Waals surface area contributed by atoms with Crippen LogP contribution in [0.1, 0.15) is 6.99 Å². The molecule has 0 aliphatic rings. The third-order valence-corrected chi connectivity index (χ3v) is 10.1. The van der Waals surface area contributed by atoms with Gasteiger partial charge in [-0.1, -0.05) is 0 Å². The average molecular weight is 617 g/mol. The fourth-order valence-electron chi connectivity index (χ4n) is 3.96. The summed E-state index contributed by atoms with van der Waals surface area (Å²) in [5.74, 6) is 0. The van der Waals surface area contributed by atoms with Gasteiger partial charge in [0.15, 0.2) is 0 Å². The quantitative estimate of drug-likeness (QED) is 0.118. The molecule has 0 aliphatic carbocycles. The molecule has 0 aliphatic heterocycles. The number of benzene rings is 4. The maximum Gasteiger partial charge on any atom is 1.00 e.